The van der Waals surface area contributed by atoms with Crippen molar-refractivity contribution in [3.8, 4) is 11.5 Å². The number of likely N-dealkylation sites (tertiary alicyclic amines) is 1. The molecule has 3 aliphatic heterocycles. The molecule has 3 aromatic rings. The zero-order valence-corrected chi connectivity index (χ0v) is 18.4. The van der Waals surface area contributed by atoms with E-state index in [1.165, 1.54) is 11.8 Å². The molecule has 2 N–H and O–H groups in total. The Balaban J connectivity index is 1.03. The molecule has 4 heterocycles. The van der Waals surface area contributed by atoms with E-state index >= 15 is 0 Å². The monoisotopic (exact) mass is 448 g/mol. The van der Waals surface area contributed by atoms with Gasteiger partial charge in [0, 0.05) is 36.0 Å². The molecule has 1 saturated heterocycles. The Kier molecular flexibility index (Phi) is 5.04. The lowest BCUT2D eigenvalue weighted by Gasteiger charge is -2.36. The minimum Gasteiger partial charge on any atom is -0.486 e. The van der Waals surface area contributed by atoms with Gasteiger partial charge in [0.1, 0.15) is 12.7 Å². The number of aromatic nitrogens is 2. The second-order valence-electron chi connectivity index (χ2n) is 8.44. The Bertz CT molecular complexity index is 1200. The van der Waals surface area contributed by atoms with Crippen molar-refractivity contribution in [3.63, 3.8) is 0 Å². The van der Waals surface area contributed by atoms with E-state index in [2.05, 4.69) is 20.4 Å². The maximum Gasteiger partial charge on any atom is 0.258 e. The Morgan fingerprint density at radius 2 is 2.00 bits per heavy atom. The fraction of sp³-hybridized carbons (Fsp3) is 0.333. The standard InChI is InChI=1S/C24H24N4O3S/c29-24(22-12-18-23-17(26-27-18)4-3-7-21(23)32-22)25-15-8-10-28(11-9-15)13-16-14-30-19-5-1-2-6-20(19)31-16/h1-7,12,15-16H,8-11,13-14H2,(H,25,29)(H,26,27). The van der Waals surface area contributed by atoms with Crippen LogP contribution in [0.5, 0.6) is 11.5 Å². The predicted molar refractivity (Wildman–Crippen MR) is 124 cm³/mol. The molecule has 8 heteroatoms. The number of aromatic amines is 1. The SMILES string of the molecule is O=C(NC1CCN(CC2COc3ccccc3O2)CC1)C1=Cc2[nH]nc3cccc(c23)S1. The van der Waals surface area contributed by atoms with E-state index < -0.39 is 0 Å². The van der Waals surface area contributed by atoms with Gasteiger partial charge in [-0.2, -0.15) is 5.10 Å². The van der Waals surface area contributed by atoms with E-state index in [-0.39, 0.29) is 18.1 Å². The number of nitrogens with one attached hydrogen (secondary N) is 2. The average molecular weight is 449 g/mol. The summed E-state index contributed by atoms with van der Waals surface area (Å²) in [7, 11) is 0. The van der Waals surface area contributed by atoms with Crippen molar-refractivity contribution in [2.45, 2.75) is 29.9 Å². The van der Waals surface area contributed by atoms with Crippen molar-refractivity contribution in [2.24, 2.45) is 0 Å². The highest BCUT2D eigenvalue weighted by Crippen LogP contribution is 2.40. The summed E-state index contributed by atoms with van der Waals surface area (Å²) in [6.07, 6.45) is 3.80. The number of carbonyl (C=O) groups is 1. The van der Waals surface area contributed by atoms with E-state index in [0.717, 1.165) is 65.5 Å². The van der Waals surface area contributed by atoms with Gasteiger partial charge in [0.2, 0.25) is 0 Å². The number of H-pyrrole nitrogens is 1. The third-order valence-electron chi connectivity index (χ3n) is 6.24. The lowest BCUT2D eigenvalue weighted by Crippen LogP contribution is -2.48. The Morgan fingerprint density at radius 3 is 2.88 bits per heavy atom. The highest BCUT2D eigenvalue weighted by atomic mass is 32.2. The van der Waals surface area contributed by atoms with Gasteiger partial charge < -0.3 is 14.8 Å². The van der Waals surface area contributed by atoms with Crippen LogP contribution in [-0.4, -0.2) is 59.4 Å². The van der Waals surface area contributed by atoms with Gasteiger partial charge in [-0.05, 0) is 43.2 Å². The molecule has 0 bridgehead atoms. The largest absolute Gasteiger partial charge is 0.486 e. The van der Waals surface area contributed by atoms with Crippen LogP contribution in [0.1, 0.15) is 18.5 Å². The molecule has 0 aliphatic carbocycles. The molecule has 0 radical (unpaired) electrons. The molecule has 1 amide bonds. The number of carbonyl (C=O) groups excluding carboxylic acids is 1. The number of nitrogens with zero attached hydrogens (tertiary/aromatic N) is 2. The van der Waals surface area contributed by atoms with Crippen LogP contribution in [0.25, 0.3) is 17.0 Å². The molecule has 6 rings (SSSR count). The fourth-order valence-electron chi connectivity index (χ4n) is 4.60. The Morgan fingerprint density at radius 1 is 1.16 bits per heavy atom. The molecular weight excluding hydrogens is 424 g/mol. The molecule has 1 unspecified atom stereocenters. The molecule has 32 heavy (non-hydrogen) atoms. The minimum absolute atomic E-state index is 0.00803. The average Bonchev–Trinajstić information content (AvgIpc) is 3.25. The van der Waals surface area contributed by atoms with Crippen molar-refractivity contribution in [1.29, 1.82) is 0 Å². The summed E-state index contributed by atoms with van der Waals surface area (Å²) in [6.45, 7) is 3.27. The smallest absolute Gasteiger partial charge is 0.258 e. The van der Waals surface area contributed by atoms with E-state index in [9.17, 15) is 4.79 Å². The number of hydrogen-bond acceptors (Lipinski definition) is 6. The molecule has 3 aliphatic rings. The van der Waals surface area contributed by atoms with Crippen LogP contribution in [0.3, 0.4) is 0 Å². The number of thioether (sulfide) groups is 1. The first-order valence-electron chi connectivity index (χ1n) is 11.0. The number of rotatable bonds is 4. The van der Waals surface area contributed by atoms with Crippen molar-refractivity contribution in [2.75, 3.05) is 26.2 Å². The van der Waals surface area contributed by atoms with E-state index in [1.54, 1.807) is 0 Å². The third kappa shape index (κ3) is 3.73. The quantitative estimate of drug-likeness (QED) is 0.637. The number of piperidine rings is 1. The first-order chi connectivity index (χ1) is 15.7. The van der Waals surface area contributed by atoms with Gasteiger partial charge in [-0.15, -0.1) is 0 Å². The lowest BCUT2D eigenvalue weighted by atomic mass is 10.0. The molecule has 7 nitrogen and oxygen atoms in total. The zero-order valence-electron chi connectivity index (χ0n) is 17.5. The number of benzene rings is 2. The minimum atomic E-state index is -0.00803. The number of fused-ring (bicyclic) bond motifs is 1. The summed E-state index contributed by atoms with van der Waals surface area (Å²) in [4.78, 5) is 17.1. The Labute approximate surface area is 190 Å². The van der Waals surface area contributed by atoms with E-state index in [4.69, 9.17) is 9.47 Å². The molecule has 1 atom stereocenters. The lowest BCUT2D eigenvalue weighted by molar-refractivity contribution is -0.117. The summed E-state index contributed by atoms with van der Waals surface area (Å²) in [5.41, 5.74) is 1.84. The topological polar surface area (TPSA) is 79.5 Å². The first kappa shape index (κ1) is 19.7. The van der Waals surface area contributed by atoms with Gasteiger partial charge in [-0.25, -0.2) is 0 Å². The summed E-state index contributed by atoms with van der Waals surface area (Å²) in [6, 6.07) is 14.0. The van der Waals surface area contributed by atoms with Crippen LogP contribution in [-0.2, 0) is 4.79 Å². The van der Waals surface area contributed by atoms with Crippen molar-refractivity contribution in [1.82, 2.24) is 20.4 Å². The van der Waals surface area contributed by atoms with Crippen LogP contribution >= 0.6 is 11.8 Å². The molecule has 1 fully saturated rings. The normalized spacial score (nSPS) is 20.8. The third-order valence-corrected chi connectivity index (χ3v) is 7.32. The zero-order chi connectivity index (χ0) is 21.5. The second kappa shape index (κ2) is 8.18. The first-order valence-corrected chi connectivity index (χ1v) is 11.8. The van der Waals surface area contributed by atoms with Crippen LogP contribution < -0.4 is 14.8 Å². The van der Waals surface area contributed by atoms with Crippen LogP contribution in [0.4, 0.5) is 0 Å². The van der Waals surface area contributed by atoms with Gasteiger partial charge in [0.05, 0.1) is 16.1 Å². The van der Waals surface area contributed by atoms with Crippen LogP contribution in [0, 0.1) is 0 Å². The molecule has 1 aromatic heterocycles. The van der Waals surface area contributed by atoms with E-state index in [1.807, 2.05) is 48.5 Å². The molecule has 0 saturated carbocycles. The molecule has 164 valence electrons. The van der Waals surface area contributed by atoms with Crippen molar-refractivity contribution in [3.05, 3.63) is 53.1 Å². The number of amides is 1. The van der Waals surface area contributed by atoms with Gasteiger partial charge in [-0.3, -0.25) is 14.8 Å². The van der Waals surface area contributed by atoms with Gasteiger partial charge in [0.25, 0.3) is 5.91 Å². The van der Waals surface area contributed by atoms with Crippen LogP contribution in [0.2, 0.25) is 0 Å². The van der Waals surface area contributed by atoms with Crippen molar-refractivity contribution >= 4 is 34.6 Å². The highest BCUT2D eigenvalue weighted by Gasteiger charge is 2.28. The summed E-state index contributed by atoms with van der Waals surface area (Å²) < 4.78 is 11.9. The van der Waals surface area contributed by atoms with Gasteiger partial charge in [-0.1, -0.05) is 30.0 Å². The molecule has 0 spiro atoms. The molecule has 2 aromatic carbocycles. The summed E-state index contributed by atoms with van der Waals surface area (Å²) in [5, 5.41) is 11.7. The number of ether oxygens (including phenoxy) is 2. The number of para-hydroxylation sites is 2. The molecular formula is C24H24N4O3S. The maximum atomic E-state index is 12.9. The summed E-state index contributed by atoms with van der Waals surface area (Å²) in [5.74, 6) is 1.63. The Hall–Kier alpha value is -2.97. The maximum absolute atomic E-state index is 12.9. The number of hydrogen-bond donors (Lipinski definition) is 2. The van der Waals surface area contributed by atoms with Gasteiger partial charge >= 0.3 is 0 Å². The predicted octanol–water partition coefficient (Wildman–Crippen LogP) is 3.43. The van der Waals surface area contributed by atoms with Crippen LogP contribution in [0.15, 0.2) is 52.3 Å². The summed E-state index contributed by atoms with van der Waals surface area (Å²) >= 11 is 1.52. The van der Waals surface area contributed by atoms with Crippen molar-refractivity contribution < 1.29 is 14.3 Å². The fourth-order valence-corrected chi connectivity index (χ4v) is 5.63. The van der Waals surface area contributed by atoms with Gasteiger partial charge in [0.15, 0.2) is 11.5 Å². The highest BCUT2D eigenvalue weighted by molar-refractivity contribution is 8.04. The van der Waals surface area contributed by atoms with E-state index in [0.29, 0.717) is 11.5 Å². The second-order valence-corrected chi connectivity index (χ2v) is 9.53.